The van der Waals surface area contributed by atoms with Crippen LogP contribution in [0, 0.1) is 5.82 Å². The molecule has 1 saturated heterocycles. The minimum absolute atomic E-state index is 0.0231. The maximum Gasteiger partial charge on any atom is 0.274 e. The lowest BCUT2D eigenvalue weighted by Gasteiger charge is -2.31. The molecule has 0 bridgehead atoms. The van der Waals surface area contributed by atoms with Gasteiger partial charge in [0.15, 0.2) is 0 Å². The Labute approximate surface area is 165 Å². The maximum atomic E-state index is 13.3. The van der Waals surface area contributed by atoms with E-state index in [1.807, 2.05) is 17.0 Å². The third-order valence-corrected chi connectivity index (χ3v) is 5.82. The minimum atomic E-state index is -0.273. The second-order valence-electron chi connectivity index (χ2n) is 6.59. The van der Waals surface area contributed by atoms with E-state index in [0.29, 0.717) is 29.7 Å². The van der Waals surface area contributed by atoms with Crippen LogP contribution < -0.4 is 4.74 Å². The molecule has 1 amide bonds. The molecule has 0 unspecified atom stereocenters. The number of amides is 1. The summed E-state index contributed by atoms with van der Waals surface area (Å²) in [5, 5.41) is 1.23. The van der Waals surface area contributed by atoms with Crippen molar-refractivity contribution in [2.45, 2.75) is 25.4 Å². The zero-order valence-electron chi connectivity index (χ0n) is 14.5. The van der Waals surface area contributed by atoms with Crippen LogP contribution >= 0.6 is 22.9 Å². The van der Waals surface area contributed by atoms with Crippen LogP contribution in [0.5, 0.6) is 5.19 Å². The number of aromatic nitrogens is 1. The molecule has 1 aliphatic heterocycles. The van der Waals surface area contributed by atoms with Crippen molar-refractivity contribution >= 4 is 39.1 Å². The Hall–Kier alpha value is -2.18. The van der Waals surface area contributed by atoms with E-state index < -0.39 is 0 Å². The van der Waals surface area contributed by atoms with Gasteiger partial charge in [0.1, 0.15) is 11.9 Å². The van der Waals surface area contributed by atoms with Gasteiger partial charge in [-0.05, 0) is 35.9 Å². The van der Waals surface area contributed by atoms with E-state index in [4.69, 9.17) is 16.3 Å². The van der Waals surface area contributed by atoms with Crippen LogP contribution in [0.4, 0.5) is 4.39 Å². The number of halogens is 2. The number of nitrogens with zero attached hydrogens (tertiary/aromatic N) is 2. The Morgan fingerprint density at radius 1 is 1.22 bits per heavy atom. The normalized spacial score (nSPS) is 15.3. The molecule has 0 N–H and O–H groups in total. The van der Waals surface area contributed by atoms with Crippen molar-refractivity contribution in [1.29, 1.82) is 0 Å². The Morgan fingerprint density at radius 3 is 2.70 bits per heavy atom. The van der Waals surface area contributed by atoms with Crippen LogP contribution in [-0.2, 0) is 11.2 Å². The van der Waals surface area contributed by atoms with E-state index >= 15 is 0 Å². The molecule has 3 aromatic rings. The summed E-state index contributed by atoms with van der Waals surface area (Å²) in [4.78, 5) is 18.8. The highest BCUT2D eigenvalue weighted by atomic mass is 35.5. The number of fused-ring (bicyclic) bond motifs is 1. The van der Waals surface area contributed by atoms with E-state index in [9.17, 15) is 9.18 Å². The molecule has 4 rings (SSSR count). The quantitative estimate of drug-likeness (QED) is 0.632. The molecule has 140 valence electrons. The summed E-state index contributed by atoms with van der Waals surface area (Å²) in [7, 11) is 0. The highest BCUT2D eigenvalue weighted by Crippen LogP contribution is 2.30. The highest BCUT2D eigenvalue weighted by molar-refractivity contribution is 7.20. The van der Waals surface area contributed by atoms with Gasteiger partial charge in [0.25, 0.3) is 5.19 Å². The number of rotatable bonds is 4. The average molecular weight is 405 g/mol. The number of ether oxygens (including phenoxy) is 1. The monoisotopic (exact) mass is 404 g/mol. The molecular weight excluding hydrogens is 387 g/mol. The molecule has 7 heteroatoms. The molecule has 0 atom stereocenters. The SMILES string of the molecule is O=C(Cc1ccc(Cl)cc1)N1CCC(Oc2nc3ccc(F)cc3s2)CC1. The lowest BCUT2D eigenvalue weighted by molar-refractivity contribution is -0.132. The smallest absolute Gasteiger partial charge is 0.274 e. The van der Waals surface area contributed by atoms with E-state index in [1.165, 1.54) is 23.5 Å². The van der Waals surface area contributed by atoms with E-state index in [1.54, 1.807) is 18.2 Å². The molecule has 0 radical (unpaired) electrons. The van der Waals surface area contributed by atoms with Gasteiger partial charge in [-0.3, -0.25) is 4.79 Å². The van der Waals surface area contributed by atoms with E-state index in [0.717, 1.165) is 28.6 Å². The van der Waals surface area contributed by atoms with Gasteiger partial charge >= 0.3 is 0 Å². The second kappa shape index (κ2) is 7.82. The van der Waals surface area contributed by atoms with E-state index in [-0.39, 0.29) is 17.8 Å². The lowest BCUT2D eigenvalue weighted by Crippen LogP contribution is -2.42. The maximum absolute atomic E-state index is 13.3. The van der Waals surface area contributed by atoms with Crippen LogP contribution in [0.2, 0.25) is 5.02 Å². The van der Waals surface area contributed by atoms with Crippen molar-refractivity contribution in [3.8, 4) is 5.19 Å². The first-order chi connectivity index (χ1) is 13.1. The Morgan fingerprint density at radius 2 is 1.96 bits per heavy atom. The summed E-state index contributed by atoms with van der Waals surface area (Å²) in [6.07, 6.45) is 1.93. The number of carbonyl (C=O) groups excluding carboxylic acids is 1. The van der Waals surface area contributed by atoms with Crippen LogP contribution in [-0.4, -0.2) is 35.0 Å². The Kier molecular flexibility index (Phi) is 5.27. The van der Waals surface area contributed by atoms with Gasteiger partial charge in [-0.1, -0.05) is 35.1 Å². The first-order valence-corrected chi connectivity index (χ1v) is 10.0. The number of piperidine rings is 1. The van der Waals surface area contributed by atoms with E-state index in [2.05, 4.69) is 4.98 Å². The molecule has 27 heavy (non-hydrogen) atoms. The zero-order chi connectivity index (χ0) is 18.8. The fourth-order valence-corrected chi connectivity index (χ4v) is 4.21. The van der Waals surface area contributed by atoms with Gasteiger partial charge in [-0.15, -0.1) is 0 Å². The van der Waals surface area contributed by atoms with Crippen molar-refractivity contribution in [3.63, 3.8) is 0 Å². The Bertz CT molecular complexity index is 952. The summed E-state index contributed by atoms with van der Waals surface area (Å²) in [6.45, 7) is 1.33. The first-order valence-electron chi connectivity index (χ1n) is 8.82. The fraction of sp³-hybridized carbons (Fsp3) is 0.300. The highest BCUT2D eigenvalue weighted by Gasteiger charge is 2.24. The topological polar surface area (TPSA) is 42.4 Å². The third-order valence-electron chi connectivity index (χ3n) is 4.66. The molecular formula is C20H18ClFN2O2S. The number of carbonyl (C=O) groups is 1. The number of likely N-dealkylation sites (tertiary alicyclic amines) is 1. The van der Waals surface area contributed by atoms with Crippen LogP contribution in [0.1, 0.15) is 18.4 Å². The predicted octanol–water partition coefficient (Wildman–Crippen LogP) is 4.70. The van der Waals surface area contributed by atoms with Gasteiger partial charge in [-0.25, -0.2) is 9.37 Å². The number of benzene rings is 2. The van der Waals surface area contributed by atoms with Crippen molar-refractivity contribution in [3.05, 3.63) is 58.9 Å². The average Bonchev–Trinajstić information content (AvgIpc) is 3.05. The van der Waals surface area contributed by atoms with Crippen LogP contribution in [0.25, 0.3) is 10.2 Å². The van der Waals surface area contributed by atoms with Crippen LogP contribution in [0.15, 0.2) is 42.5 Å². The predicted molar refractivity (Wildman–Crippen MR) is 105 cm³/mol. The van der Waals surface area contributed by atoms with Crippen molar-refractivity contribution < 1.29 is 13.9 Å². The summed E-state index contributed by atoms with van der Waals surface area (Å²) in [5.74, 6) is -0.156. The van der Waals surface area contributed by atoms with Crippen molar-refractivity contribution in [1.82, 2.24) is 9.88 Å². The van der Waals surface area contributed by atoms with Gasteiger partial charge in [0.2, 0.25) is 5.91 Å². The summed E-state index contributed by atoms with van der Waals surface area (Å²) < 4.78 is 20.0. The molecule has 2 heterocycles. The zero-order valence-corrected chi connectivity index (χ0v) is 16.1. The summed E-state index contributed by atoms with van der Waals surface area (Å²) >= 11 is 7.23. The van der Waals surface area contributed by atoms with Gasteiger partial charge in [-0.2, -0.15) is 0 Å². The molecule has 0 spiro atoms. The largest absolute Gasteiger partial charge is 0.467 e. The number of hydrogen-bond acceptors (Lipinski definition) is 4. The van der Waals surface area contributed by atoms with Crippen LogP contribution in [0.3, 0.4) is 0 Å². The molecule has 2 aromatic carbocycles. The molecule has 1 aliphatic rings. The fourth-order valence-electron chi connectivity index (χ4n) is 3.18. The second-order valence-corrected chi connectivity index (χ2v) is 8.02. The minimum Gasteiger partial charge on any atom is -0.467 e. The first kappa shape index (κ1) is 18.2. The van der Waals surface area contributed by atoms with Gasteiger partial charge in [0, 0.05) is 31.0 Å². The molecule has 1 fully saturated rings. The van der Waals surface area contributed by atoms with Gasteiger partial charge in [0.05, 0.1) is 16.6 Å². The third kappa shape index (κ3) is 4.39. The van der Waals surface area contributed by atoms with Crippen molar-refractivity contribution in [2.24, 2.45) is 0 Å². The number of hydrogen-bond donors (Lipinski definition) is 0. The molecule has 1 aromatic heterocycles. The van der Waals surface area contributed by atoms with Crippen molar-refractivity contribution in [2.75, 3.05) is 13.1 Å². The summed E-state index contributed by atoms with van der Waals surface area (Å²) in [6, 6.07) is 11.9. The standard InChI is InChI=1S/C20H18ClFN2O2S/c21-14-3-1-13(2-4-14)11-19(25)24-9-7-16(8-10-24)26-20-23-17-6-5-15(22)12-18(17)27-20/h1-6,12,16H,7-11H2. The number of thiazole rings is 1. The summed E-state index contributed by atoms with van der Waals surface area (Å²) in [5.41, 5.74) is 1.71. The molecule has 0 aliphatic carbocycles. The lowest BCUT2D eigenvalue weighted by atomic mass is 10.1. The molecule has 0 saturated carbocycles. The Balaban J connectivity index is 1.31. The van der Waals surface area contributed by atoms with Gasteiger partial charge < -0.3 is 9.64 Å². The molecule has 4 nitrogen and oxygen atoms in total.